The predicted octanol–water partition coefficient (Wildman–Crippen LogP) is 1.94. The van der Waals surface area contributed by atoms with E-state index in [1.165, 1.54) is 12.1 Å². The molecule has 0 unspecified atom stereocenters. The highest BCUT2D eigenvalue weighted by Crippen LogP contribution is 2.16. The first-order chi connectivity index (χ1) is 5.65. The maximum Gasteiger partial charge on any atom is 0.291 e. The summed E-state index contributed by atoms with van der Waals surface area (Å²) in [6.45, 7) is 5.10. The fraction of sp³-hybridized carbons (Fsp3) is 0.125. The second-order valence-electron chi connectivity index (χ2n) is 2.33. The topological polar surface area (TPSA) is 56.0 Å². The van der Waals surface area contributed by atoms with Crippen molar-refractivity contribution in [3.63, 3.8) is 0 Å². The van der Waals surface area contributed by atoms with E-state index in [4.69, 9.17) is 0 Å². The number of aromatic nitrogens is 1. The molecule has 1 aromatic heterocycles. The molecule has 0 aliphatic carbocycles. The van der Waals surface area contributed by atoms with E-state index in [9.17, 15) is 10.1 Å². The molecule has 0 amide bonds. The number of hydrogen-bond acceptors (Lipinski definition) is 3. The van der Waals surface area contributed by atoms with Crippen LogP contribution in [0.4, 0.5) is 5.69 Å². The Morgan fingerprint density at radius 2 is 2.42 bits per heavy atom. The summed E-state index contributed by atoms with van der Waals surface area (Å²) < 4.78 is 0. The van der Waals surface area contributed by atoms with E-state index in [-0.39, 0.29) is 5.69 Å². The summed E-state index contributed by atoms with van der Waals surface area (Å²) in [5.41, 5.74) is 1.12. The van der Waals surface area contributed by atoms with Crippen LogP contribution in [0.2, 0.25) is 0 Å². The van der Waals surface area contributed by atoms with Crippen LogP contribution in [-0.2, 0) is 0 Å². The average Bonchev–Trinajstić information content (AvgIpc) is 2.05. The summed E-state index contributed by atoms with van der Waals surface area (Å²) in [5.74, 6) is 0. The highest BCUT2D eigenvalue weighted by atomic mass is 16.6. The Balaban J connectivity index is 3.25. The fourth-order valence-electron chi connectivity index (χ4n) is 0.834. The molecule has 1 aromatic rings. The second kappa shape index (κ2) is 3.13. The molecule has 12 heavy (non-hydrogen) atoms. The molecule has 0 atom stereocenters. The molecule has 0 aliphatic rings. The highest BCUT2D eigenvalue weighted by molar-refractivity contribution is 5.51. The largest absolute Gasteiger partial charge is 0.291 e. The number of nitrogens with zero attached hydrogens (tertiary/aromatic N) is 2. The minimum atomic E-state index is -0.449. The van der Waals surface area contributed by atoms with E-state index < -0.39 is 4.92 Å². The van der Waals surface area contributed by atoms with Gasteiger partial charge < -0.3 is 0 Å². The molecular weight excluding hydrogens is 156 g/mol. The van der Waals surface area contributed by atoms with E-state index in [0.717, 1.165) is 0 Å². The summed E-state index contributed by atoms with van der Waals surface area (Å²) in [6.07, 6.45) is 3.08. The molecule has 0 aromatic carbocycles. The van der Waals surface area contributed by atoms with Crippen LogP contribution >= 0.6 is 0 Å². The van der Waals surface area contributed by atoms with Crippen LogP contribution < -0.4 is 0 Å². The zero-order chi connectivity index (χ0) is 9.14. The quantitative estimate of drug-likeness (QED) is 0.495. The van der Waals surface area contributed by atoms with Gasteiger partial charge in [0.05, 0.1) is 4.92 Å². The molecule has 0 spiro atoms. The molecule has 0 saturated carbocycles. The Morgan fingerprint density at radius 1 is 1.75 bits per heavy atom. The molecule has 1 rings (SSSR count). The number of nitro groups is 1. The van der Waals surface area contributed by atoms with Crippen molar-refractivity contribution in [1.29, 1.82) is 0 Å². The molecule has 0 aliphatic heterocycles. The van der Waals surface area contributed by atoms with Crippen molar-refractivity contribution in [2.45, 2.75) is 6.92 Å². The van der Waals surface area contributed by atoms with Crippen molar-refractivity contribution in [3.05, 3.63) is 40.2 Å². The molecular formula is C8H8N2O2. The van der Waals surface area contributed by atoms with Gasteiger partial charge in [-0.05, 0) is 12.5 Å². The summed E-state index contributed by atoms with van der Waals surface area (Å²) in [7, 11) is 0. The molecule has 0 radical (unpaired) electrons. The lowest BCUT2D eigenvalue weighted by Gasteiger charge is -1.96. The van der Waals surface area contributed by atoms with Crippen LogP contribution in [0.3, 0.4) is 0 Å². The lowest BCUT2D eigenvalue weighted by molar-refractivity contribution is -0.385. The predicted molar refractivity (Wildman–Crippen MR) is 45.7 cm³/mol. The van der Waals surface area contributed by atoms with Crippen LogP contribution in [-0.4, -0.2) is 9.91 Å². The van der Waals surface area contributed by atoms with Gasteiger partial charge in [0.25, 0.3) is 5.69 Å². The van der Waals surface area contributed by atoms with Gasteiger partial charge in [0.2, 0.25) is 0 Å². The molecule has 0 bridgehead atoms. The number of hydrogen-bond donors (Lipinski definition) is 0. The van der Waals surface area contributed by atoms with Gasteiger partial charge >= 0.3 is 0 Å². The fourth-order valence-corrected chi connectivity index (χ4v) is 0.834. The Bertz CT molecular complexity index is 334. The van der Waals surface area contributed by atoms with Crippen LogP contribution in [0.1, 0.15) is 11.3 Å². The van der Waals surface area contributed by atoms with E-state index in [1.54, 1.807) is 13.1 Å². The van der Waals surface area contributed by atoms with Gasteiger partial charge in [-0.1, -0.05) is 12.7 Å². The highest BCUT2D eigenvalue weighted by Gasteiger charge is 2.10. The van der Waals surface area contributed by atoms with Gasteiger partial charge in [0.1, 0.15) is 5.69 Å². The summed E-state index contributed by atoms with van der Waals surface area (Å²) in [6, 6.07) is 1.45. The molecule has 0 N–H and O–H groups in total. The summed E-state index contributed by atoms with van der Waals surface area (Å²) in [5, 5.41) is 10.4. The normalized spacial score (nSPS) is 9.42. The third-order valence-corrected chi connectivity index (χ3v) is 1.51. The Hall–Kier alpha value is -1.71. The van der Waals surface area contributed by atoms with E-state index in [0.29, 0.717) is 11.3 Å². The average molecular weight is 164 g/mol. The van der Waals surface area contributed by atoms with E-state index >= 15 is 0 Å². The maximum atomic E-state index is 10.4. The van der Waals surface area contributed by atoms with Gasteiger partial charge in [-0.3, -0.25) is 15.1 Å². The van der Waals surface area contributed by atoms with Crippen LogP contribution in [0.5, 0.6) is 0 Å². The molecule has 4 nitrogen and oxygen atoms in total. The van der Waals surface area contributed by atoms with Gasteiger partial charge in [-0.2, -0.15) is 0 Å². The van der Waals surface area contributed by atoms with Crippen molar-refractivity contribution in [1.82, 2.24) is 4.98 Å². The maximum absolute atomic E-state index is 10.4. The number of pyridine rings is 1. The van der Waals surface area contributed by atoms with Crippen molar-refractivity contribution in [3.8, 4) is 0 Å². The first kappa shape index (κ1) is 8.39. The van der Waals surface area contributed by atoms with Crippen LogP contribution in [0.25, 0.3) is 6.08 Å². The Labute approximate surface area is 69.7 Å². The third kappa shape index (κ3) is 1.47. The van der Waals surface area contributed by atoms with Crippen LogP contribution in [0.15, 0.2) is 18.8 Å². The number of aryl methyl sites for hydroxylation is 1. The molecule has 1 heterocycles. The van der Waals surface area contributed by atoms with Gasteiger partial charge in [-0.25, -0.2) is 0 Å². The lowest BCUT2D eigenvalue weighted by Crippen LogP contribution is -1.94. The third-order valence-electron chi connectivity index (χ3n) is 1.51. The van der Waals surface area contributed by atoms with Crippen molar-refractivity contribution >= 4 is 11.8 Å². The Morgan fingerprint density at radius 3 is 2.92 bits per heavy atom. The number of rotatable bonds is 2. The zero-order valence-electron chi connectivity index (χ0n) is 6.65. The molecule has 62 valence electrons. The van der Waals surface area contributed by atoms with Crippen molar-refractivity contribution < 1.29 is 4.92 Å². The smallest absolute Gasteiger partial charge is 0.258 e. The van der Waals surface area contributed by atoms with E-state index in [1.807, 2.05) is 0 Å². The van der Waals surface area contributed by atoms with Gasteiger partial charge in [-0.15, -0.1) is 0 Å². The Kier molecular flexibility index (Phi) is 2.19. The van der Waals surface area contributed by atoms with Crippen LogP contribution in [0, 0.1) is 17.0 Å². The minimum Gasteiger partial charge on any atom is -0.258 e. The van der Waals surface area contributed by atoms with Gasteiger partial charge in [0.15, 0.2) is 0 Å². The zero-order valence-corrected chi connectivity index (χ0v) is 6.65. The monoisotopic (exact) mass is 164 g/mol. The SMILES string of the molecule is C=Cc1cnc(C)c([N+](=O)[O-])c1. The summed E-state index contributed by atoms with van der Waals surface area (Å²) in [4.78, 5) is 13.8. The minimum absolute atomic E-state index is 0.0346. The molecule has 4 heteroatoms. The summed E-state index contributed by atoms with van der Waals surface area (Å²) >= 11 is 0. The first-order valence-electron chi connectivity index (χ1n) is 3.38. The van der Waals surface area contributed by atoms with Crippen molar-refractivity contribution in [2.75, 3.05) is 0 Å². The molecule has 0 saturated heterocycles. The standard InChI is InChI=1S/C8H8N2O2/c1-3-7-4-8(10(11)12)6(2)9-5-7/h3-5H,1H2,2H3. The first-order valence-corrected chi connectivity index (χ1v) is 3.38. The van der Waals surface area contributed by atoms with Gasteiger partial charge in [0, 0.05) is 12.3 Å². The van der Waals surface area contributed by atoms with Crippen molar-refractivity contribution in [2.24, 2.45) is 0 Å². The van der Waals surface area contributed by atoms with E-state index in [2.05, 4.69) is 11.6 Å². The molecule has 0 fully saturated rings. The lowest BCUT2D eigenvalue weighted by atomic mass is 10.2. The second-order valence-corrected chi connectivity index (χ2v) is 2.33.